The smallest absolute Gasteiger partial charge is 0.394 e. The number of barbiturate groups is 1. The minimum atomic E-state index is -1.11. The fraction of sp³-hybridized carbons (Fsp3) is 0.750. The zero-order valence-corrected chi connectivity index (χ0v) is 13.4. The van der Waals surface area contributed by atoms with Crippen LogP contribution in [0.15, 0.2) is 0 Å². The summed E-state index contributed by atoms with van der Waals surface area (Å²) < 4.78 is 0. The number of nitrogens with zero attached hydrogens (tertiary/aromatic N) is 1. The average Bonchev–Trinajstić information content (AvgIpc) is 2.27. The van der Waals surface area contributed by atoms with Crippen molar-refractivity contribution in [2.45, 2.75) is 52.4 Å². The SMILES string of the molecule is CCCCCCC1(CC)C(=O)[N-]C(=O)NC1=O.[Na+]. The number of rotatable bonds is 6. The van der Waals surface area contributed by atoms with Gasteiger partial charge in [-0.15, -0.1) is 0 Å². The molecule has 0 aliphatic carbocycles. The van der Waals surface area contributed by atoms with Crippen molar-refractivity contribution in [1.29, 1.82) is 0 Å². The van der Waals surface area contributed by atoms with Gasteiger partial charge in [-0.05, 0) is 12.8 Å². The average molecular weight is 262 g/mol. The van der Waals surface area contributed by atoms with Gasteiger partial charge in [0.15, 0.2) is 17.8 Å². The van der Waals surface area contributed by atoms with Gasteiger partial charge in [0.25, 0.3) is 0 Å². The number of imide groups is 2. The molecular weight excluding hydrogens is 243 g/mol. The van der Waals surface area contributed by atoms with E-state index in [1.165, 1.54) is 0 Å². The van der Waals surface area contributed by atoms with Gasteiger partial charge in [-0.25, -0.2) is 0 Å². The Hall–Kier alpha value is -0.390. The molecule has 1 rings (SSSR count). The van der Waals surface area contributed by atoms with Crippen LogP contribution in [0, 0.1) is 5.41 Å². The Balaban J connectivity index is 0.00000289. The number of nitrogens with one attached hydrogen (secondary N) is 1. The zero-order valence-electron chi connectivity index (χ0n) is 11.4. The summed E-state index contributed by atoms with van der Waals surface area (Å²) in [6.07, 6.45) is 4.86. The van der Waals surface area contributed by atoms with Gasteiger partial charge in [0, 0.05) is 0 Å². The predicted octanol–water partition coefficient (Wildman–Crippen LogP) is -0.493. The van der Waals surface area contributed by atoms with Crippen LogP contribution in [0.4, 0.5) is 4.79 Å². The fourth-order valence-corrected chi connectivity index (χ4v) is 2.10. The molecule has 5 nitrogen and oxygen atoms in total. The Labute approximate surface area is 130 Å². The van der Waals surface area contributed by atoms with Crippen LogP contribution >= 0.6 is 0 Å². The van der Waals surface area contributed by atoms with Crippen LogP contribution in [0.3, 0.4) is 0 Å². The third-order valence-corrected chi connectivity index (χ3v) is 3.33. The molecule has 1 unspecified atom stereocenters. The summed E-state index contributed by atoms with van der Waals surface area (Å²) >= 11 is 0. The molecule has 1 aliphatic rings. The van der Waals surface area contributed by atoms with E-state index in [1.807, 2.05) is 0 Å². The van der Waals surface area contributed by atoms with E-state index >= 15 is 0 Å². The van der Waals surface area contributed by atoms with E-state index in [2.05, 4.69) is 17.6 Å². The maximum Gasteiger partial charge on any atom is 1.00 e. The third kappa shape index (κ3) is 3.80. The quantitative estimate of drug-likeness (QED) is 0.398. The predicted molar refractivity (Wildman–Crippen MR) is 63.4 cm³/mol. The largest absolute Gasteiger partial charge is 1.00 e. The molecule has 1 N–H and O–H groups in total. The Kier molecular flexibility index (Phi) is 7.75. The maximum atomic E-state index is 11.8. The first kappa shape index (κ1) is 17.6. The Morgan fingerprint density at radius 3 is 2.28 bits per heavy atom. The summed E-state index contributed by atoms with van der Waals surface area (Å²) in [6.45, 7) is 3.88. The molecule has 1 heterocycles. The summed E-state index contributed by atoms with van der Waals surface area (Å²) in [5.74, 6) is -1.06. The van der Waals surface area contributed by atoms with Crippen LogP contribution in [0.1, 0.15) is 52.4 Å². The Morgan fingerprint density at radius 2 is 1.78 bits per heavy atom. The second-order valence-electron chi connectivity index (χ2n) is 4.42. The van der Waals surface area contributed by atoms with Gasteiger partial charge >= 0.3 is 29.6 Å². The molecule has 18 heavy (non-hydrogen) atoms. The summed E-state index contributed by atoms with van der Waals surface area (Å²) in [5, 5.41) is 5.47. The van der Waals surface area contributed by atoms with Crippen LogP contribution in [0.25, 0.3) is 5.32 Å². The number of hydrogen-bond donors (Lipinski definition) is 1. The summed E-state index contributed by atoms with van der Waals surface area (Å²) in [4.78, 5) is 34.5. The van der Waals surface area contributed by atoms with Gasteiger partial charge in [-0.2, -0.15) is 0 Å². The first-order chi connectivity index (χ1) is 8.06. The maximum absolute atomic E-state index is 11.8. The molecule has 4 amide bonds. The third-order valence-electron chi connectivity index (χ3n) is 3.33. The first-order valence-electron chi connectivity index (χ1n) is 6.18. The molecule has 0 bridgehead atoms. The van der Waals surface area contributed by atoms with Crippen molar-refractivity contribution in [1.82, 2.24) is 5.32 Å². The zero-order chi connectivity index (χ0) is 12.9. The van der Waals surface area contributed by atoms with Crippen LogP contribution in [-0.4, -0.2) is 17.8 Å². The van der Waals surface area contributed by atoms with Gasteiger partial charge in [-0.3, -0.25) is 14.4 Å². The number of carbonyl (C=O) groups excluding carboxylic acids is 3. The number of urea groups is 1. The molecule has 0 spiro atoms. The molecule has 0 saturated carbocycles. The van der Waals surface area contributed by atoms with E-state index < -0.39 is 23.3 Å². The molecule has 0 aromatic carbocycles. The number of amides is 4. The van der Waals surface area contributed by atoms with Crippen LogP contribution in [0.5, 0.6) is 0 Å². The summed E-state index contributed by atoms with van der Waals surface area (Å²) in [6, 6.07) is -0.836. The Morgan fingerprint density at radius 1 is 1.11 bits per heavy atom. The van der Waals surface area contributed by atoms with Crippen molar-refractivity contribution in [2.75, 3.05) is 0 Å². The van der Waals surface area contributed by atoms with Gasteiger partial charge in [-0.1, -0.05) is 39.5 Å². The van der Waals surface area contributed by atoms with E-state index in [4.69, 9.17) is 0 Å². The van der Waals surface area contributed by atoms with Gasteiger partial charge in [0.05, 0.1) is 5.41 Å². The molecule has 0 aromatic heterocycles. The Bertz CT molecular complexity index is 311. The topological polar surface area (TPSA) is 77.3 Å². The van der Waals surface area contributed by atoms with Crippen LogP contribution in [0.2, 0.25) is 0 Å². The van der Waals surface area contributed by atoms with Crippen LogP contribution in [-0.2, 0) is 9.59 Å². The second kappa shape index (κ2) is 7.92. The fourth-order valence-electron chi connectivity index (χ4n) is 2.10. The van der Waals surface area contributed by atoms with Crippen molar-refractivity contribution < 1.29 is 43.9 Å². The standard InChI is InChI=1S/C12H20N2O3.Na/c1-3-5-6-7-8-12(4-2)9(15)13-11(17)14-10(12)16;/h3-8H2,1-2H3,(H2,13,14,15,16,17);/q;+1/p-1. The monoisotopic (exact) mass is 262 g/mol. The van der Waals surface area contributed by atoms with Crippen LogP contribution < -0.4 is 34.9 Å². The van der Waals surface area contributed by atoms with Gasteiger partial charge < -0.3 is 10.6 Å². The number of hydrogen-bond acceptors (Lipinski definition) is 3. The minimum Gasteiger partial charge on any atom is -0.394 e. The molecule has 6 heteroatoms. The molecule has 0 aromatic rings. The molecule has 1 atom stereocenters. The van der Waals surface area contributed by atoms with Crippen molar-refractivity contribution in [2.24, 2.45) is 5.41 Å². The van der Waals surface area contributed by atoms with Gasteiger partial charge in [0.2, 0.25) is 0 Å². The van der Waals surface area contributed by atoms with Crippen molar-refractivity contribution >= 4 is 17.8 Å². The number of carbonyl (C=O) groups is 3. The molecule has 1 aliphatic heterocycles. The van der Waals surface area contributed by atoms with Crippen molar-refractivity contribution in [3.8, 4) is 0 Å². The molecule has 1 saturated heterocycles. The summed E-state index contributed by atoms with van der Waals surface area (Å²) in [5.41, 5.74) is -1.11. The molecule has 0 radical (unpaired) electrons. The molecule has 96 valence electrons. The van der Waals surface area contributed by atoms with E-state index in [0.717, 1.165) is 25.7 Å². The normalized spacial score (nSPS) is 23.1. The van der Waals surface area contributed by atoms with E-state index in [0.29, 0.717) is 12.8 Å². The first-order valence-corrected chi connectivity index (χ1v) is 6.18. The second-order valence-corrected chi connectivity index (χ2v) is 4.42. The number of unbranched alkanes of at least 4 members (excludes halogenated alkanes) is 3. The van der Waals surface area contributed by atoms with Crippen molar-refractivity contribution in [3.05, 3.63) is 5.32 Å². The summed E-state index contributed by atoms with van der Waals surface area (Å²) in [7, 11) is 0. The minimum absolute atomic E-state index is 0. The molecular formula is C12H19N2NaO3. The van der Waals surface area contributed by atoms with Crippen molar-refractivity contribution in [3.63, 3.8) is 0 Å². The van der Waals surface area contributed by atoms with E-state index in [-0.39, 0.29) is 29.6 Å². The van der Waals surface area contributed by atoms with E-state index in [1.54, 1.807) is 6.92 Å². The van der Waals surface area contributed by atoms with E-state index in [9.17, 15) is 14.4 Å². The molecule has 1 fully saturated rings. The van der Waals surface area contributed by atoms with Gasteiger partial charge in [0.1, 0.15) is 0 Å².